The van der Waals surface area contributed by atoms with Gasteiger partial charge in [-0.05, 0) is 23.6 Å². The van der Waals surface area contributed by atoms with E-state index in [1.807, 2.05) is 46.3 Å². The lowest BCUT2D eigenvalue weighted by Gasteiger charge is -2.09. The van der Waals surface area contributed by atoms with E-state index in [-0.39, 0.29) is 0 Å². The van der Waals surface area contributed by atoms with Gasteiger partial charge in [-0.2, -0.15) is 0 Å². The maximum absolute atomic E-state index is 5.52. The summed E-state index contributed by atoms with van der Waals surface area (Å²) in [4.78, 5) is 9.71. The molecule has 0 radical (unpaired) electrons. The summed E-state index contributed by atoms with van der Waals surface area (Å²) in [6.07, 6.45) is 3.59. The Hall–Kier alpha value is -3.20. The highest BCUT2D eigenvalue weighted by molar-refractivity contribution is 7.13. The number of aliphatic imine (C=N–C) groups is 1. The Bertz CT molecular complexity index is 1020. The van der Waals surface area contributed by atoms with Crippen molar-refractivity contribution in [2.45, 2.75) is 13.1 Å². The van der Waals surface area contributed by atoms with Crippen LogP contribution in [0.1, 0.15) is 11.5 Å². The number of hydrogen-bond acceptors (Lipinski definition) is 6. The van der Waals surface area contributed by atoms with Crippen LogP contribution in [-0.2, 0) is 13.1 Å². The summed E-state index contributed by atoms with van der Waals surface area (Å²) in [6, 6.07) is 9.76. The lowest BCUT2D eigenvalue weighted by atomic mass is 10.4. The van der Waals surface area contributed by atoms with Crippen LogP contribution in [0.15, 0.2) is 57.6 Å². The van der Waals surface area contributed by atoms with Gasteiger partial charge in [0.15, 0.2) is 17.4 Å². The smallest absolute Gasteiger partial charge is 0.236 e. The second-order valence-corrected chi connectivity index (χ2v) is 6.39. The Labute approximate surface area is 153 Å². The summed E-state index contributed by atoms with van der Waals surface area (Å²) in [6.45, 7) is 1.01. The van der Waals surface area contributed by atoms with Crippen molar-refractivity contribution in [1.29, 1.82) is 0 Å². The van der Waals surface area contributed by atoms with Gasteiger partial charge >= 0.3 is 0 Å². The summed E-state index contributed by atoms with van der Waals surface area (Å²) in [5.74, 6) is 2.10. The molecule has 0 unspecified atom stereocenters. The second kappa shape index (κ2) is 7.36. The minimum Gasteiger partial charge on any atom is -0.443 e. The first-order chi connectivity index (χ1) is 12.8. The van der Waals surface area contributed by atoms with E-state index in [9.17, 15) is 0 Å². The number of nitrogens with one attached hydrogen (secondary N) is 2. The SMILES string of the molecule is CN=C(NCc1coc(-c2cccs2)n1)NCc1nnc2ccccn12. The molecule has 0 aromatic carbocycles. The highest BCUT2D eigenvalue weighted by atomic mass is 32.1. The van der Waals surface area contributed by atoms with Crippen LogP contribution in [0.2, 0.25) is 0 Å². The van der Waals surface area contributed by atoms with Gasteiger partial charge in [0, 0.05) is 13.2 Å². The first-order valence-corrected chi connectivity index (χ1v) is 8.93. The molecule has 4 heterocycles. The lowest BCUT2D eigenvalue weighted by molar-refractivity contribution is 0.573. The lowest BCUT2D eigenvalue weighted by Crippen LogP contribution is -2.36. The number of fused-ring (bicyclic) bond motifs is 1. The van der Waals surface area contributed by atoms with Crippen LogP contribution >= 0.6 is 11.3 Å². The first kappa shape index (κ1) is 16.3. The average molecular weight is 367 g/mol. The highest BCUT2D eigenvalue weighted by Gasteiger charge is 2.09. The van der Waals surface area contributed by atoms with E-state index >= 15 is 0 Å². The maximum Gasteiger partial charge on any atom is 0.236 e. The van der Waals surface area contributed by atoms with Gasteiger partial charge < -0.3 is 15.1 Å². The molecule has 26 heavy (non-hydrogen) atoms. The Kier molecular flexibility index (Phi) is 4.61. The molecule has 0 bridgehead atoms. The summed E-state index contributed by atoms with van der Waals surface area (Å²) >= 11 is 1.60. The maximum atomic E-state index is 5.52. The number of aromatic nitrogens is 4. The standard InChI is InChI=1S/C17H17N7OS/c1-18-17(20-10-15-23-22-14-6-2-3-7-24(14)15)19-9-12-11-25-16(21-12)13-5-4-8-26-13/h2-8,11H,9-10H2,1H3,(H2,18,19,20). The molecule has 0 saturated carbocycles. The van der Waals surface area contributed by atoms with E-state index in [1.54, 1.807) is 24.6 Å². The van der Waals surface area contributed by atoms with E-state index < -0.39 is 0 Å². The second-order valence-electron chi connectivity index (χ2n) is 5.45. The molecule has 0 aliphatic carbocycles. The van der Waals surface area contributed by atoms with Crippen LogP contribution in [0.4, 0.5) is 0 Å². The van der Waals surface area contributed by atoms with Crippen LogP contribution in [0.3, 0.4) is 0 Å². The molecule has 4 rings (SSSR count). The van der Waals surface area contributed by atoms with Crippen molar-refractivity contribution in [2.75, 3.05) is 7.05 Å². The van der Waals surface area contributed by atoms with Crippen LogP contribution in [0.25, 0.3) is 16.4 Å². The molecule has 0 amide bonds. The fourth-order valence-corrected chi connectivity index (χ4v) is 3.13. The van der Waals surface area contributed by atoms with Crippen LogP contribution in [-0.4, -0.2) is 32.6 Å². The third-order valence-corrected chi connectivity index (χ3v) is 4.60. The van der Waals surface area contributed by atoms with Gasteiger partial charge in [0.05, 0.1) is 23.7 Å². The average Bonchev–Trinajstić information content (AvgIpc) is 3.42. The Morgan fingerprint density at radius 2 is 2.12 bits per heavy atom. The molecular weight excluding hydrogens is 350 g/mol. The van der Waals surface area contributed by atoms with Crippen molar-refractivity contribution >= 4 is 22.9 Å². The van der Waals surface area contributed by atoms with E-state index in [0.29, 0.717) is 24.9 Å². The third kappa shape index (κ3) is 3.42. The molecule has 4 aromatic heterocycles. The van der Waals surface area contributed by atoms with Gasteiger partial charge in [0.1, 0.15) is 6.26 Å². The van der Waals surface area contributed by atoms with E-state index in [2.05, 4.69) is 30.8 Å². The Morgan fingerprint density at radius 3 is 2.96 bits per heavy atom. The predicted molar refractivity (Wildman–Crippen MR) is 99.8 cm³/mol. The van der Waals surface area contributed by atoms with E-state index in [4.69, 9.17) is 4.42 Å². The van der Waals surface area contributed by atoms with Gasteiger partial charge in [0.2, 0.25) is 5.89 Å². The zero-order valence-corrected chi connectivity index (χ0v) is 14.9. The molecule has 0 fully saturated rings. The van der Waals surface area contributed by atoms with Crippen molar-refractivity contribution in [2.24, 2.45) is 4.99 Å². The Morgan fingerprint density at radius 1 is 1.19 bits per heavy atom. The Balaban J connectivity index is 1.35. The summed E-state index contributed by atoms with van der Waals surface area (Å²) < 4.78 is 7.46. The van der Waals surface area contributed by atoms with Gasteiger partial charge in [-0.25, -0.2) is 4.98 Å². The fraction of sp³-hybridized carbons (Fsp3) is 0.176. The number of oxazole rings is 1. The minimum absolute atomic E-state index is 0.504. The molecule has 0 saturated heterocycles. The molecule has 9 heteroatoms. The van der Waals surface area contributed by atoms with Crippen molar-refractivity contribution in [1.82, 2.24) is 30.2 Å². The van der Waals surface area contributed by atoms with Gasteiger partial charge in [-0.3, -0.25) is 9.39 Å². The largest absolute Gasteiger partial charge is 0.443 e. The monoisotopic (exact) mass is 367 g/mol. The summed E-state index contributed by atoms with van der Waals surface area (Å²) in [5, 5.41) is 16.8. The number of guanidine groups is 1. The number of thiophene rings is 1. The predicted octanol–water partition coefficient (Wildman–Crippen LogP) is 2.31. The molecule has 0 aliphatic rings. The van der Waals surface area contributed by atoms with Gasteiger partial charge in [-0.15, -0.1) is 21.5 Å². The number of rotatable bonds is 5. The molecular formula is C17H17N7OS. The zero-order chi connectivity index (χ0) is 17.8. The quantitative estimate of drug-likeness (QED) is 0.415. The molecule has 8 nitrogen and oxygen atoms in total. The number of pyridine rings is 1. The molecule has 4 aromatic rings. The molecule has 0 spiro atoms. The highest BCUT2D eigenvalue weighted by Crippen LogP contribution is 2.23. The fourth-order valence-electron chi connectivity index (χ4n) is 2.47. The molecule has 132 valence electrons. The van der Waals surface area contributed by atoms with Crippen LogP contribution in [0.5, 0.6) is 0 Å². The zero-order valence-electron chi connectivity index (χ0n) is 14.1. The van der Waals surface area contributed by atoms with Crippen molar-refractivity contribution in [3.05, 3.63) is 59.7 Å². The summed E-state index contributed by atoms with van der Waals surface area (Å²) in [7, 11) is 1.72. The topological polar surface area (TPSA) is 92.6 Å². The number of nitrogens with zero attached hydrogens (tertiary/aromatic N) is 5. The van der Waals surface area contributed by atoms with Crippen molar-refractivity contribution in [3.8, 4) is 10.8 Å². The van der Waals surface area contributed by atoms with Gasteiger partial charge in [-0.1, -0.05) is 12.1 Å². The van der Waals surface area contributed by atoms with Crippen LogP contribution in [0, 0.1) is 0 Å². The summed E-state index contributed by atoms with van der Waals surface area (Å²) in [5.41, 5.74) is 1.63. The normalized spacial score (nSPS) is 11.8. The molecule has 2 N–H and O–H groups in total. The third-order valence-electron chi connectivity index (χ3n) is 3.74. The van der Waals surface area contributed by atoms with Gasteiger partial charge in [0.25, 0.3) is 0 Å². The molecule has 0 atom stereocenters. The van der Waals surface area contributed by atoms with Crippen LogP contribution < -0.4 is 10.6 Å². The molecule has 0 aliphatic heterocycles. The van der Waals surface area contributed by atoms with E-state index in [1.165, 1.54) is 0 Å². The minimum atomic E-state index is 0.504. The van der Waals surface area contributed by atoms with Crippen molar-refractivity contribution < 1.29 is 4.42 Å². The first-order valence-electron chi connectivity index (χ1n) is 8.05. The van der Waals surface area contributed by atoms with Crippen molar-refractivity contribution in [3.63, 3.8) is 0 Å². The number of hydrogen-bond donors (Lipinski definition) is 2. The van der Waals surface area contributed by atoms with E-state index in [0.717, 1.165) is 22.0 Å².